The molecule has 156 valence electrons. The first-order valence-electron chi connectivity index (χ1n) is 10.2. The Kier molecular flexibility index (Phi) is 6.35. The highest BCUT2D eigenvalue weighted by Gasteiger charge is 2.18. The number of hydrogen-bond donors (Lipinski definition) is 1. The van der Waals surface area contributed by atoms with Gasteiger partial charge in [-0.15, -0.1) is 11.3 Å². The van der Waals surface area contributed by atoms with Gasteiger partial charge in [-0.25, -0.2) is 4.98 Å². The van der Waals surface area contributed by atoms with Gasteiger partial charge in [0.1, 0.15) is 0 Å². The van der Waals surface area contributed by atoms with Gasteiger partial charge in [0.15, 0.2) is 11.0 Å². The van der Waals surface area contributed by atoms with Crippen molar-refractivity contribution >= 4 is 40.5 Å². The number of benzene rings is 1. The minimum atomic E-state index is 0.446. The second kappa shape index (κ2) is 9.32. The van der Waals surface area contributed by atoms with Crippen LogP contribution in [0.5, 0.6) is 0 Å². The molecule has 0 atom stereocenters. The van der Waals surface area contributed by atoms with Gasteiger partial charge in [-0.3, -0.25) is 5.32 Å². The van der Waals surface area contributed by atoms with Crippen molar-refractivity contribution in [2.24, 2.45) is 0 Å². The van der Waals surface area contributed by atoms with E-state index in [1.165, 1.54) is 4.88 Å². The lowest BCUT2D eigenvalue weighted by atomic mass is 10.2. The number of nitrogens with zero attached hydrogens (tertiary/aromatic N) is 6. The molecule has 7 nitrogen and oxygen atoms in total. The Labute approximate surface area is 181 Å². The van der Waals surface area contributed by atoms with E-state index in [1.807, 2.05) is 36.5 Å². The van der Waals surface area contributed by atoms with Gasteiger partial charge in [0.25, 0.3) is 0 Å². The summed E-state index contributed by atoms with van der Waals surface area (Å²) < 4.78 is 0. The zero-order chi connectivity index (χ0) is 20.9. The highest BCUT2D eigenvalue weighted by atomic mass is 32.1. The van der Waals surface area contributed by atoms with Crippen LogP contribution in [-0.4, -0.2) is 58.1 Å². The number of likely N-dealkylation sites (N-methyl/N-ethyl adjacent to an activating group) is 1. The average Bonchev–Trinajstić information content (AvgIpc) is 3.22. The van der Waals surface area contributed by atoms with E-state index in [-0.39, 0.29) is 0 Å². The molecule has 1 N–H and O–H groups in total. The Morgan fingerprint density at radius 3 is 2.47 bits per heavy atom. The van der Waals surface area contributed by atoms with Crippen molar-refractivity contribution in [1.29, 1.82) is 0 Å². The zero-order valence-electron chi connectivity index (χ0n) is 17.6. The number of anilines is 3. The van der Waals surface area contributed by atoms with Crippen LogP contribution >= 0.6 is 11.3 Å². The van der Waals surface area contributed by atoms with Crippen molar-refractivity contribution in [2.45, 2.75) is 19.8 Å². The number of piperazine rings is 1. The van der Waals surface area contributed by atoms with Crippen LogP contribution in [0.15, 0.2) is 36.5 Å². The number of thiazole rings is 1. The van der Waals surface area contributed by atoms with Crippen molar-refractivity contribution in [3.63, 3.8) is 0 Å². The Hall–Kier alpha value is -2.84. The normalized spacial score (nSPS) is 15.3. The predicted molar refractivity (Wildman–Crippen MR) is 124 cm³/mol. The van der Waals surface area contributed by atoms with Gasteiger partial charge in [0.05, 0.1) is 0 Å². The van der Waals surface area contributed by atoms with Gasteiger partial charge in [0.2, 0.25) is 11.9 Å². The molecule has 3 aromatic rings. The summed E-state index contributed by atoms with van der Waals surface area (Å²) >= 11 is 1.63. The molecule has 4 rings (SSSR count). The lowest BCUT2D eigenvalue weighted by Crippen LogP contribution is -2.45. The molecule has 0 radical (unpaired) electrons. The van der Waals surface area contributed by atoms with Gasteiger partial charge in [-0.1, -0.05) is 50.3 Å². The largest absolute Gasteiger partial charge is 0.338 e. The van der Waals surface area contributed by atoms with E-state index in [0.717, 1.165) is 36.9 Å². The summed E-state index contributed by atoms with van der Waals surface area (Å²) in [6, 6.07) is 10.2. The summed E-state index contributed by atoms with van der Waals surface area (Å²) in [4.78, 5) is 24.3. The first-order chi connectivity index (χ1) is 14.6. The molecule has 1 aromatic carbocycles. The fourth-order valence-electron chi connectivity index (χ4n) is 3.10. The topological polar surface area (TPSA) is 70.1 Å². The van der Waals surface area contributed by atoms with Crippen LogP contribution in [-0.2, 0) is 0 Å². The fourth-order valence-corrected chi connectivity index (χ4v) is 3.91. The van der Waals surface area contributed by atoms with Gasteiger partial charge in [-0.2, -0.15) is 15.0 Å². The van der Waals surface area contributed by atoms with E-state index in [4.69, 9.17) is 9.97 Å². The summed E-state index contributed by atoms with van der Waals surface area (Å²) in [5.41, 5.74) is 1.11. The van der Waals surface area contributed by atoms with Crippen LogP contribution in [0.2, 0.25) is 0 Å². The molecule has 0 unspecified atom stereocenters. The average molecular weight is 422 g/mol. The predicted octanol–water partition coefficient (Wildman–Crippen LogP) is 4.12. The Morgan fingerprint density at radius 2 is 1.77 bits per heavy atom. The second-order valence-corrected chi connectivity index (χ2v) is 8.76. The number of hydrogen-bond acceptors (Lipinski definition) is 8. The molecule has 1 fully saturated rings. The van der Waals surface area contributed by atoms with Crippen LogP contribution < -0.4 is 10.2 Å². The van der Waals surface area contributed by atoms with Crippen LogP contribution in [0.25, 0.3) is 12.2 Å². The van der Waals surface area contributed by atoms with Crippen molar-refractivity contribution in [3.8, 4) is 0 Å². The molecule has 1 aliphatic rings. The highest BCUT2D eigenvalue weighted by molar-refractivity contribution is 7.15. The molecule has 0 saturated carbocycles. The fraction of sp³-hybridized carbons (Fsp3) is 0.364. The Balaban J connectivity index is 1.62. The van der Waals surface area contributed by atoms with Crippen LogP contribution in [0.4, 0.5) is 17.0 Å². The summed E-state index contributed by atoms with van der Waals surface area (Å²) in [6.07, 6.45) is 5.87. The first kappa shape index (κ1) is 20.4. The van der Waals surface area contributed by atoms with Gasteiger partial charge in [-0.05, 0) is 24.6 Å². The standard InChI is InChI=1S/C22H27N7S/c1-16(2)18-15-23-22(30-18)27-20-24-19(10-9-17-7-5-4-6-8-17)25-21(26-20)29-13-11-28(3)12-14-29/h4-10,15-16H,11-14H2,1-3H3,(H,23,24,25,26,27)/b10-9+. The number of aromatic nitrogens is 4. The van der Waals surface area contributed by atoms with Gasteiger partial charge in [0, 0.05) is 37.3 Å². The molecule has 3 heterocycles. The molecule has 1 saturated heterocycles. The molecule has 0 aliphatic carbocycles. The van der Waals surface area contributed by atoms with E-state index in [0.29, 0.717) is 23.6 Å². The van der Waals surface area contributed by atoms with E-state index in [9.17, 15) is 0 Å². The van der Waals surface area contributed by atoms with Crippen molar-refractivity contribution in [2.75, 3.05) is 43.4 Å². The lowest BCUT2D eigenvalue weighted by Gasteiger charge is -2.32. The Bertz CT molecular complexity index is 992. The van der Waals surface area contributed by atoms with Gasteiger partial charge >= 0.3 is 0 Å². The summed E-state index contributed by atoms with van der Waals surface area (Å²) in [7, 11) is 2.14. The highest BCUT2D eigenvalue weighted by Crippen LogP contribution is 2.27. The first-order valence-corrected chi connectivity index (χ1v) is 11.0. The Morgan fingerprint density at radius 1 is 1.00 bits per heavy atom. The quantitative estimate of drug-likeness (QED) is 0.642. The molecule has 2 aromatic heterocycles. The molecule has 8 heteroatoms. The lowest BCUT2D eigenvalue weighted by molar-refractivity contribution is 0.311. The molecule has 30 heavy (non-hydrogen) atoms. The summed E-state index contributed by atoms with van der Waals surface area (Å²) in [5.74, 6) is 2.30. The third-order valence-corrected chi connectivity index (χ3v) is 6.18. The van der Waals surface area contributed by atoms with Crippen molar-refractivity contribution in [1.82, 2.24) is 24.8 Å². The molecule has 0 bridgehead atoms. The summed E-state index contributed by atoms with van der Waals surface area (Å²) in [5, 5.41) is 4.08. The second-order valence-electron chi connectivity index (χ2n) is 7.70. The number of rotatable bonds is 6. The smallest absolute Gasteiger partial charge is 0.234 e. The minimum Gasteiger partial charge on any atom is -0.338 e. The molecular weight excluding hydrogens is 394 g/mol. The third kappa shape index (κ3) is 5.20. The van der Waals surface area contributed by atoms with Crippen LogP contribution in [0.3, 0.4) is 0 Å². The maximum Gasteiger partial charge on any atom is 0.234 e. The van der Waals surface area contributed by atoms with E-state index < -0.39 is 0 Å². The SMILES string of the molecule is CC(C)c1cnc(Nc2nc(/C=C/c3ccccc3)nc(N3CCN(C)CC3)n2)s1. The van der Waals surface area contributed by atoms with E-state index in [2.05, 4.69) is 58.1 Å². The molecule has 0 spiro atoms. The van der Waals surface area contributed by atoms with E-state index in [1.54, 1.807) is 11.3 Å². The monoisotopic (exact) mass is 421 g/mol. The third-order valence-electron chi connectivity index (χ3n) is 4.96. The molecule has 1 aliphatic heterocycles. The van der Waals surface area contributed by atoms with E-state index >= 15 is 0 Å². The maximum atomic E-state index is 4.71. The van der Waals surface area contributed by atoms with Crippen LogP contribution in [0.1, 0.15) is 36.0 Å². The van der Waals surface area contributed by atoms with Gasteiger partial charge < -0.3 is 9.80 Å². The number of nitrogens with one attached hydrogen (secondary N) is 1. The summed E-state index contributed by atoms with van der Waals surface area (Å²) in [6.45, 7) is 8.12. The van der Waals surface area contributed by atoms with Crippen molar-refractivity contribution < 1.29 is 0 Å². The zero-order valence-corrected chi connectivity index (χ0v) is 18.4. The minimum absolute atomic E-state index is 0.446. The van der Waals surface area contributed by atoms with Crippen LogP contribution in [0, 0.1) is 0 Å². The maximum absolute atomic E-state index is 4.71. The molecule has 0 amide bonds. The van der Waals surface area contributed by atoms with Crippen molar-refractivity contribution in [3.05, 3.63) is 52.8 Å². The molecular formula is C22H27N7S.